The molecule has 0 saturated carbocycles. The fraction of sp³-hybridized carbons (Fsp3) is 0.393. The van der Waals surface area contributed by atoms with Gasteiger partial charge in [-0.15, -0.1) is 0 Å². The molecule has 36 heavy (non-hydrogen) atoms. The lowest BCUT2D eigenvalue weighted by Gasteiger charge is -2.34. The van der Waals surface area contributed by atoms with Crippen molar-refractivity contribution in [1.82, 2.24) is 9.80 Å². The average Bonchev–Trinajstić information content (AvgIpc) is 3.54. The Hall–Kier alpha value is -2.71. The molecular formula is C28H28F4N2OS. The van der Waals surface area contributed by atoms with Crippen molar-refractivity contribution in [1.29, 1.82) is 0 Å². The van der Waals surface area contributed by atoms with Crippen molar-refractivity contribution in [2.45, 2.75) is 30.9 Å². The molecule has 0 spiro atoms. The monoisotopic (exact) mass is 516 g/mol. The van der Waals surface area contributed by atoms with Gasteiger partial charge in [0.15, 0.2) is 0 Å². The van der Waals surface area contributed by atoms with Gasteiger partial charge in [-0.2, -0.15) is 24.5 Å². The zero-order valence-electron chi connectivity index (χ0n) is 19.8. The molecule has 5 rings (SSSR count). The molecule has 3 nitrogen and oxygen atoms in total. The fourth-order valence-electron chi connectivity index (χ4n) is 5.65. The van der Waals surface area contributed by atoms with E-state index in [4.69, 9.17) is 0 Å². The predicted molar refractivity (Wildman–Crippen MR) is 133 cm³/mol. The Kier molecular flexibility index (Phi) is 7.17. The largest absolute Gasteiger partial charge is 0.419 e. The molecule has 1 aromatic heterocycles. The number of likely N-dealkylation sites (tertiary alicyclic amines) is 2. The summed E-state index contributed by atoms with van der Waals surface area (Å²) in [5.41, 5.74) is 1.16. The Morgan fingerprint density at radius 1 is 0.972 bits per heavy atom. The molecule has 8 heteroatoms. The number of carbonyl (C=O) groups excluding carboxylic acids is 1. The quantitative estimate of drug-likeness (QED) is 0.355. The topological polar surface area (TPSA) is 23.6 Å². The molecule has 2 aliphatic rings. The maximum Gasteiger partial charge on any atom is 0.419 e. The average molecular weight is 517 g/mol. The number of hydrogen-bond acceptors (Lipinski definition) is 3. The number of alkyl halides is 3. The molecule has 2 unspecified atom stereocenters. The summed E-state index contributed by atoms with van der Waals surface area (Å²) >= 11 is 1.61. The van der Waals surface area contributed by atoms with Crippen molar-refractivity contribution in [3.63, 3.8) is 0 Å². The first-order valence-electron chi connectivity index (χ1n) is 12.2. The Bertz CT molecular complexity index is 1170. The SMILES string of the molecule is O=C(c1ccc(C(F)(F)F)c(F)c1)N1CC(CN2CCC(c3ccccc3)CC2)C(c2ccsc2)C1. The van der Waals surface area contributed by atoms with E-state index < -0.39 is 23.5 Å². The van der Waals surface area contributed by atoms with Gasteiger partial charge in [-0.1, -0.05) is 30.3 Å². The first kappa shape index (κ1) is 25.0. The van der Waals surface area contributed by atoms with Crippen LogP contribution in [0.1, 0.15) is 51.7 Å². The van der Waals surface area contributed by atoms with E-state index in [0.717, 1.165) is 38.5 Å². The molecule has 2 atom stereocenters. The van der Waals surface area contributed by atoms with E-state index in [2.05, 4.69) is 40.6 Å². The second-order valence-electron chi connectivity index (χ2n) is 9.81. The summed E-state index contributed by atoms with van der Waals surface area (Å²) in [6, 6.07) is 15.1. The zero-order chi connectivity index (χ0) is 25.3. The van der Waals surface area contributed by atoms with E-state index in [1.807, 2.05) is 11.4 Å². The standard InChI is InChI=1S/C28H28F4N2OS/c29-26-14-21(6-7-25(26)28(30,31)32)27(35)34-16-23(24(17-34)22-10-13-36-18-22)15-33-11-8-20(9-12-33)19-4-2-1-3-5-19/h1-7,10,13-14,18,20,23-24H,8-9,11-12,15-17H2. The fourth-order valence-corrected chi connectivity index (χ4v) is 6.38. The van der Waals surface area contributed by atoms with Crippen molar-refractivity contribution in [3.8, 4) is 0 Å². The number of piperidine rings is 1. The Morgan fingerprint density at radius 3 is 2.36 bits per heavy atom. The van der Waals surface area contributed by atoms with Crippen molar-refractivity contribution >= 4 is 17.2 Å². The summed E-state index contributed by atoms with van der Waals surface area (Å²) in [6.45, 7) is 3.81. The number of benzene rings is 2. The molecule has 2 saturated heterocycles. The van der Waals surface area contributed by atoms with Crippen LogP contribution in [0.4, 0.5) is 17.6 Å². The van der Waals surface area contributed by atoms with Crippen LogP contribution in [-0.2, 0) is 6.18 Å². The molecule has 3 heterocycles. The summed E-state index contributed by atoms with van der Waals surface area (Å²) in [6.07, 6.45) is -2.61. The minimum Gasteiger partial charge on any atom is -0.338 e. The third-order valence-electron chi connectivity index (χ3n) is 7.57. The van der Waals surface area contributed by atoms with Gasteiger partial charge < -0.3 is 9.80 Å². The summed E-state index contributed by atoms with van der Waals surface area (Å²) in [5.74, 6) is -0.929. The highest BCUT2D eigenvalue weighted by atomic mass is 32.1. The van der Waals surface area contributed by atoms with Crippen LogP contribution < -0.4 is 0 Å². The van der Waals surface area contributed by atoms with Gasteiger partial charge in [0, 0.05) is 31.1 Å². The van der Waals surface area contributed by atoms with E-state index in [1.54, 1.807) is 16.2 Å². The highest BCUT2D eigenvalue weighted by Gasteiger charge is 2.39. The number of rotatable bonds is 5. The van der Waals surface area contributed by atoms with Gasteiger partial charge in [0.25, 0.3) is 5.91 Å². The molecule has 0 aliphatic carbocycles. The normalized spacial score (nSPS) is 21.7. The summed E-state index contributed by atoms with van der Waals surface area (Å²) in [5, 5.41) is 4.12. The minimum atomic E-state index is -4.79. The van der Waals surface area contributed by atoms with E-state index in [9.17, 15) is 22.4 Å². The highest BCUT2D eigenvalue weighted by Crippen LogP contribution is 2.37. The first-order valence-corrected chi connectivity index (χ1v) is 13.2. The van der Waals surface area contributed by atoms with E-state index in [1.165, 1.54) is 11.1 Å². The van der Waals surface area contributed by atoms with Crippen LogP contribution in [0.3, 0.4) is 0 Å². The maximum atomic E-state index is 14.1. The molecule has 1 amide bonds. The van der Waals surface area contributed by atoms with Crippen molar-refractivity contribution in [2.24, 2.45) is 5.92 Å². The van der Waals surface area contributed by atoms with Crippen molar-refractivity contribution in [3.05, 3.63) is 93.4 Å². The number of carbonyl (C=O) groups is 1. The zero-order valence-corrected chi connectivity index (χ0v) is 20.6. The van der Waals surface area contributed by atoms with Gasteiger partial charge in [0.05, 0.1) is 5.56 Å². The number of amides is 1. The Morgan fingerprint density at radius 2 is 1.72 bits per heavy atom. The third kappa shape index (κ3) is 5.34. The smallest absolute Gasteiger partial charge is 0.338 e. The van der Waals surface area contributed by atoms with Crippen LogP contribution in [0.5, 0.6) is 0 Å². The first-order chi connectivity index (χ1) is 17.3. The van der Waals surface area contributed by atoms with Crippen LogP contribution >= 0.6 is 11.3 Å². The van der Waals surface area contributed by atoms with Gasteiger partial charge in [0.1, 0.15) is 5.82 Å². The molecule has 2 aromatic carbocycles. The second-order valence-corrected chi connectivity index (χ2v) is 10.6. The lowest BCUT2D eigenvalue weighted by atomic mass is 9.87. The van der Waals surface area contributed by atoms with E-state index in [-0.39, 0.29) is 17.4 Å². The molecule has 3 aromatic rings. The number of halogens is 4. The molecule has 190 valence electrons. The summed E-state index contributed by atoms with van der Waals surface area (Å²) in [7, 11) is 0. The molecule has 2 fully saturated rings. The lowest BCUT2D eigenvalue weighted by molar-refractivity contribution is -0.140. The van der Waals surface area contributed by atoms with Crippen LogP contribution in [0, 0.1) is 11.7 Å². The molecule has 0 bridgehead atoms. The van der Waals surface area contributed by atoms with Gasteiger partial charge >= 0.3 is 6.18 Å². The van der Waals surface area contributed by atoms with Crippen LogP contribution in [0.2, 0.25) is 0 Å². The number of hydrogen-bond donors (Lipinski definition) is 0. The van der Waals surface area contributed by atoms with E-state index >= 15 is 0 Å². The molecule has 0 N–H and O–H groups in total. The molecule has 2 aliphatic heterocycles. The Balaban J connectivity index is 1.27. The van der Waals surface area contributed by atoms with Crippen LogP contribution in [0.25, 0.3) is 0 Å². The molecular weight excluding hydrogens is 488 g/mol. The number of thiophene rings is 1. The van der Waals surface area contributed by atoms with Crippen molar-refractivity contribution < 1.29 is 22.4 Å². The van der Waals surface area contributed by atoms with Gasteiger partial charge in [-0.3, -0.25) is 4.79 Å². The van der Waals surface area contributed by atoms with Crippen molar-refractivity contribution in [2.75, 3.05) is 32.7 Å². The van der Waals surface area contributed by atoms with Crippen LogP contribution in [0.15, 0.2) is 65.4 Å². The van der Waals surface area contributed by atoms with Crippen LogP contribution in [-0.4, -0.2) is 48.4 Å². The lowest BCUT2D eigenvalue weighted by Crippen LogP contribution is -2.38. The molecule has 0 radical (unpaired) electrons. The summed E-state index contributed by atoms with van der Waals surface area (Å²) < 4.78 is 53.0. The van der Waals surface area contributed by atoms with E-state index in [0.29, 0.717) is 31.1 Å². The maximum absolute atomic E-state index is 14.1. The number of nitrogens with zero attached hydrogens (tertiary/aromatic N) is 2. The highest BCUT2D eigenvalue weighted by molar-refractivity contribution is 7.08. The summed E-state index contributed by atoms with van der Waals surface area (Å²) in [4.78, 5) is 17.3. The van der Waals surface area contributed by atoms with Gasteiger partial charge in [-0.25, -0.2) is 4.39 Å². The Labute approximate surface area is 212 Å². The second kappa shape index (κ2) is 10.3. The third-order valence-corrected chi connectivity index (χ3v) is 8.27. The predicted octanol–water partition coefficient (Wildman–Crippen LogP) is 6.64. The van der Waals surface area contributed by atoms with Gasteiger partial charge in [-0.05, 0) is 83.9 Å². The van der Waals surface area contributed by atoms with Gasteiger partial charge in [0.2, 0.25) is 0 Å². The minimum absolute atomic E-state index is 0.0473.